The second-order valence-corrected chi connectivity index (χ2v) is 7.44. The Morgan fingerprint density at radius 2 is 1.69 bits per heavy atom. The van der Waals surface area contributed by atoms with Crippen LogP contribution in [0.2, 0.25) is 15.1 Å². The molecule has 3 aromatic rings. The number of halogens is 3. The molecule has 0 saturated carbocycles. The molecule has 0 saturated heterocycles. The molecule has 0 radical (unpaired) electrons. The predicted octanol–water partition coefficient (Wildman–Crippen LogP) is 5.17. The number of amides is 1. The maximum atomic E-state index is 12.2. The molecule has 0 atom stereocenters. The summed E-state index contributed by atoms with van der Waals surface area (Å²) < 4.78 is 1.79. The van der Waals surface area contributed by atoms with Gasteiger partial charge in [-0.1, -0.05) is 64.8 Å². The molecule has 1 heterocycles. The van der Waals surface area contributed by atoms with E-state index in [4.69, 9.17) is 34.8 Å². The molecule has 5 nitrogen and oxygen atoms in total. The third kappa shape index (κ3) is 4.15. The van der Waals surface area contributed by atoms with Crippen LogP contribution < -0.4 is 5.32 Å². The Labute approximate surface area is 169 Å². The lowest BCUT2D eigenvalue weighted by molar-refractivity contribution is -0.113. The molecule has 9 heteroatoms. The number of thioether (sulfide) groups is 1. The van der Waals surface area contributed by atoms with Gasteiger partial charge >= 0.3 is 0 Å². The van der Waals surface area contributed by atoms with Crippen LogP contribution in [0.15, 0.2) is 47.6 Å². The predicted molar refractivity (Wildman–Crippen MR) is 107 cm³/mol. The van der Waals surface area contributed by atoms with Gasteiger partial charge in [0.15, 0.2) is 11.0 Å². The topological polar surface area (TPSA) is 59.8 Å². The summed E-state index contributed by atoms with van der Waals surface area (Å²) in [6.45, 7) is 0. The van der Waals surface area contributed by atoms with Gasteiger partial charge in [-0.25, -0.2) is 0 Å². The van der Waals surface area contributed by atoms with Gasteiger partial charge in [-0.15, -0.1) is 10.2 Å². The van der Waals surface area contributed by atoms with E-state index >= 15 is 0 Å². The third-order valence-electron chi connectivity index (χ3n) is 3.51. The van der Waals surface area contributed by atoms with Crippen LogP contribution in [0, 0.1) is 0 Å². The summed E-state index contributed by atoms with van der Waals surface area (Å²) in [4.78, 5) is 12.2. The Morgan fingerprint density at radius 3 is 2.38 bits per heavy atom. The zero-order valence-corrected chi connectivity index (χ0v) is 16.6. The van der Waals surface area contributed by atoms with Crippen molar-refractivity contribution in [2.75, 3.05) is 11.1 Å². The highest BCUT2D eigenvalue weighted by Gasteiger charge is 2.16. The number of hydrogen-bond donors (Lipinski definition) is 1. The summed E-state index contributed by atoms with van der Waals surface area (Å²) in [5, 5.41) is 13.0. The zero-order chi connectivity index (χ0) is 18.7. The van der Waals surface area contributed by atoms with Crippen molar-refractivity contribution in [3.63, 3.8) is 0 Å². The number of nitrogens with zero attached hydrogens (tertiary/aromatic N) is 3. The van der Waals surface area contributed by atoms with E-state index in [-0.39, 0.29) is 11.7 Å². The number of rotatable bonds is 5. The maximum Gasteiger partial charge on any atom is 0.234 e. The van der Waals surface area contributed by atoms with Crippen LogP contribution >= 0.6 is 46.6 Å². The molecule has 1 N–H and O–H groups in total. The second-order valence-electron chi connectivity index (χ2n) is 5.28. The Bertz CT molecular complexity index is 941. The van der Waals surface area contributed by atoms with Crippen LogP contribution in [0.4, 0.5) is 5.69 Å². The molecule has 3 rings (SSSR count). The van der Waals surface area contributed by atoms with Gasteiger partial charge < -0.3 is 9.88 Å². The Balaban J connectivity index is 1.69. The molecule has 1 aromatic heterocycles. The maximum absolute atomic E-state index is 12.2. The zero-order valence-electron chi connectivity index (χ0n) is 13.5. The average Bonchev–Trinajstić information content (AvgIpc) is 2.97. The van der Waals surface area contributed by atoms with Gasteiger partial charge in [0.05, 0.1) is 26.5 Å². The van der Waals surface area contributed by atoms with E-state index in [9.17, 15) is 4.79 Å². The van der Waals surface area contributed by atoms with E-state index in [1.54, 1.807) is 28.8 Å². The van der Waals surface area contributed by atoms with Crippen molar-refractivity contribution >= 4 is 58.2 Å². The first-order valence-corrected chi connectivity index (χ1v) is 9.60. The van der Waals surface area contributed by atoms with Crippen molar-refractivity contribution in [3.05, 3.63) is 57.5 Å². The summed E-state index contributed by atoms with van der Waals surface area (Å²) >= 11 is 19.6. The number of anilines is 1. The molecular formula is C17H13Cl3N4OS. The Kier molecular flexibility index (Phi) is 6.09. The number of hydrogen-bond acceptors (Lipinski definition) is 4. The fraction of sp³-hybridized carbons (Fsp3) is 0.118. The van der Waals surface area contributed by atoms with Gasteiger partial charge in [-0.3, -0.25) is 4.79 Å². The largest absolute Gasteiger partial charge is 0.323 e. The first-order valence-electron chi connectivity index (χ1n) is 7.48. The van der Waals surface area contributed by atoms with Crippen molar-refractivity contribution in [2.24, 2.45) is 7.05 Å². The molecule has 2 aromatic carbocycles. The van der Waals surface area contributed by atoms with E-state index in [0.717, 1.165) is 5.56 Å². The summed E-state index contributed by atoms with van der Waals surface area (Å²) in [5.41, 5.74) is 1.18. The number of nitrogens with one attached hydrogen (secondary N) is 1. The quantitative estimate of drug-likeness (QED) is 0.570. The van der Waals surface area contributed by atoms with Gasteiger partial charge in [-0.2, -0.15) is 0 Å². The first kappa shape index (κ1) is 19.0. The Hall–Kier alpha value is -1.73. The number of carbonyl (C=O) groups is 1. The van der Waals surface area contributed by atoms with Gasteiger partial charge in [0.25, 0.3) is 0 Å². The summed E-state index contributed by atoms with van der Waals surface area (Å²) in [6, 6.07) is 12.4. The molecule has 26 heavy (non-hydrogen) atoms. The van der Waals surface area contributed by atoms with Gasteiger partial charge in [0.2, 0.25) is 5.91 Å². The minimum Gasteiger partial charge on any atom is -0.323 e. The number of aromatic nitrogens is 3. The van der Waals surface area contributed by atoms with Crippen molar-refractivity contribution < 1.29 is 4.79 Å². The molecule has 134 valence electrons. The average molecular weight is 428 g/mol. The minimum absolute atomic E-state index is 0.135. The standard InChI is InChI=1S/C17H13Cl3N4OS/c1-24-16(10-5-2-3-6-11(10)18)22-23-17(24)26-9-14(25)21-15-12(19)7-4-8-13(15)20/h2-8H,9H2,1H3,(H,21,25). The lowest BCUT2D eigenvalue weighted by Crippen LogP contribution is -2.15. The van der Waals surface area contributed by atoms with Crippen molar-refractivity contribution in [2.45, 2.75) is 5.16 Å². The molecular weight excluding hydrogens is 415 g/mol. The van der Waals surface area contributed by atoms with E-state index in [1.807, 2.05) is 25.2 Å². The minimum atomic E-state index is -0.243. The van der Waals surface area contributed by atoms with Crippen molar-refractivity contribution in [1.82, 2.24) is 14.8 Å². The highest BCUT2D eigenvalue weighted by Crippen LogP contribution is 2.31. The summed E-state index contributed by atoms with van der Waals surface area (Å²) in [5.74, 6) is 0.524. The van der Waals surface area contributed by atoms with E-state index in [0.29, 0.717) is 31.7 Å². The highest BCUT2D eigenvalue weighted by molar-refractivity contribution is 7.99. The van der Waals surface area contributed by atoms with Crippen LogP contribution in [-0.4, -0.2) is 26.4 Å². The second kappa shape index (κ2) is 8.31. The fourth-order valence-electron chi connectivity index (χ4n) is 2.24. The fourth-order valence-corrected chi connectivity index (χ4v) is 3.66. The molecule has 0 aliphatic carbocycles. The van der Waals surface area contributed by atoms with Crippen LogP contribution in [-0.2, 0) is 11.8 Å². The van der Waals surface area contributed by atoms with Gasteiger partial charge in [0.1, 0.15) is 0 Å². The Morgan fingerprint density at radius 1 is 1.04 bits per heavy atom. The molecule has 0 bridgehead atoms. The number of para-hydroxylation sites is 1. The molecule has 0 aliphatic heterocycles. The third-order valence-corrected chi connectivity index (χ3v) is 5.49. The lowest BCUT2D eigenvalue weighted by atomic mass is 10.2. The molecule has 0 fully saturated rings. The SMILES string of the molecule is Cn1c(SCC(=O)Nc2c(Cl)cccc2Cl)nnc1-c1ccccc1Cl. The van der Waals surface area contributed by atoms with Crippen LogP contribution in [0.5, 0.6) is 0 Å². The van der Waals surface area contributed by atoms with Crippen LogP contribution in [0.3, 0.4) is 0 Å². The number of carbonyl (C=O) groups excluding carboxylic acids is 1. The van der Waals surface area contributed by atoms with Crippen molar-refractivity contribution in [1.29, 1.82) is 0 Å². The van der Waals surface area contributed by atoms with E-state index < -0.39 is 0 Å². The van der Waals surface area contributed by atoms with Crippen molar-refractivity contribution in [3.8, 4) is 11.4 Å². The van der Waals surface area contributed by atoms with E-state index in [2.05, 4.69) is 15.5 Å². The van der Waals surface area contributed by atoms with Gasteiger partial charge in [-0.05, 0) is 24.3 Å². The summed E-state index contributed by atoms with van der Waals surface area (Å²) in [6.07, 6.45) is 0. The smallest absolute Gasteiger partial charge is 0.234 e. The lowest BCUT2D eigenvalue weighted by Gasteiger charge is -2.09. The normalized spacial score (nSPS) is 10.8. The van der Waals surface area contributed by atoms with Crippen LogP contribution in [0.1, 0.15) is 0 Å². The van der Waals surface area contributed by atoms with Gasteiger partial charge in [0, 0.05) is 12.6 Å². The number of benzene rings is 2. The molecule has 0 aliphatic rings. The summed E-state index contributed by atoms with van der Waals surface area (Å²) in [7, 11) is 1.82. The molecule has 0 unspecified atom stereocenters. The highest BCUT2D eigenvalue weighted by atomic mass is 35.5. The molecule has 1 amide bonds. The van der Waals surface area contributed by atoms with Crippen LogP contribution in [0.25, 0.3) is 11.4 Å². The first-order chi connectivity index (χ1) is 12.5. The monoisotopic (exact) mass is 426 g/mol. The van der Waals surface area contributed by atoms with E-state index in [1.165, 1.54) is 11.8 Å². The molecule has 0 spiro atoms.